The van der Waals surface area contributed by atoms with Crippen LogP contribution in [-0.4, -0.2) is 38.6 Å². The number of rotatable bonds is 7. The van der Waals surface area contributed by atoms with Gasteiger partial charge in [0.05, 0.1) is 20.2 Å². The molecule has 0 aliphatic rings. The van der Waals surface area contributed by atoms with E-state index in [1.165, 1.54) is 0 Å². The molecule has 110 valence electrons. The summed E-state index contributed by atoms with van der Waals surface area (Å²) >= 11 is 0. The molecule has 0 aliphatic carbocycles. The molecule has 6 heteroatoms. The van der Waals surface area contributed by atoms with Crippen LogP contribution in [0.3, 0.4) is 0 Å². The Bertz CT molecular complexity index is 475. The van der Waals surface area contributed by atoms with E-state index in [0.29, 0.717) is 13.0 Å². The van der Waals surface area contributed by atoms with Gasteiger partial charge < -0.3 is 21.1 Å². The van der Waals surface area contributed by atoms with Crippen LogP contribution >= 0.6 is 0 Å². The molecule has 0 radical (unpaired) electrons. The molecule has 4 N–H and O–H groups in total. The lowest BCUT2D eigenvalue weighted by Gasteiger charge is -2.09. The highest BCUT2D eigenvalue weighted by Gasteiger charge is 2.04. The molecule has 0 unspecified atom stereocenters. The van der Waals surface area contributed by atoms with Crippen molar-refractivity contribution in [3.63, 3.8) is 0 Å². The van der Waals surface area contributed by atoms with Gasteiger partial charge in [0.2, 0.25) is 11.8 Å². The van der Waals surface area contributed by atoms with Gasteiger partial charge in [-0.1, -0.05) is 12.1 Å². The average molecular weight is 279 g/mol. The molecule has 0 aliphatic heterocycles. The zero-order chi connectivity index (χ0) is 15.0. The number of aryl methyl sites for hydroxylation is 1. The first kappa shape index (κ1) is 16.0. The lowest BCUT2D eigenvalue weighted by molar-refractivity contribution is -0.125. The van der Waals surface area contributed by atoms with E-state index in [2.05, 4.69) is 10.6 Å². The Morgan fingerprint density at radius 2 is 2.00 bits per heavy atom. The summed E-state index contributed by atoms with van der Waals surface area (Å²) in [5.74, 6) is 0.262. The smallest absolute Gasteiger partial charge is 0.239 e. The monoisotopic (exact) mass is 279 g/mol. The Morgan fingerprint density at radius 1 is 1.25 bits per heavy atom. The fraction of sp³-hybridized carbons (Fsp3) is 0.429. The summed E-state index contributed by atoms with van der Waals surface area (Å²) in [6.45, 7) is 2.32. The van der Waals surface area contributed by atoms with Crippen molar-refractivity contribution in [1.29, 1.82) is 0 Å². The van der Waals surface area contributed by atoms with Crippen molar-refractivity contribution in [2.24, 2.45) is 5.73 Å². The predicted molar refractivity (Wildman–Crippen MR) is 76.5 cm³/mol. The highest BCUT2D eigenvalue weighted by atomic mass is 16.5. The van der Waals surface area contributed by atoms with E-state index in [1.54, 1.807) is 7.11 Å². The Hall–Kier alpha value is -2.08. The molecule has 1 aromatic rings. The van der Waals surface area contributed by atoms with E-state index in [9.17, 15) is 9.59 Å². The largest absolute Gasteiger partial charge is 0.496 e. The summed E-state index contributed by atoms with van der Waals surface area (Å²) in [4.78, 5) is 22.3. The van der Waals surface area contributed by atoms with Gasteiger partial charge in [0, 0.05) is 6.54 Å². The first-order chi connectivity index (χ1) is 9.56. The maximum absolute atomic E-state index is 11.4. The summed E-state index contributed by atoms with van der Waals surface area (Å²) in [6.07, 6.45) is 0.702. The molecule has 0 saturated heterocycles. The predicted octanol–water partition coefficient (Wildman–Crippen LogP) is -0.263. The lowest BCUT2D eigenvalue weighted by Crippen LogP contribution is -2.40. The van der Waals surface area contributed by atoms with E-state index in [4.69, 9.17) is 10.5 Å². The number of carbonyl (C=O) groups is 2. The molecule has 0 saturated carbocycles. The van der Waals surface area contributed by atoms with Gasteiger partial charge in [0.25, 0.3) is 0 Å². The minimum Gasteiger partial charge on any atom is -0.496 e. The third-order valence-electron chi connectivity index (χ3n) is 2.84. The Labute approximate surface area is 118 Å². The van der Waals surface area contributed by atoms with Crippen molar-refractivity contribution in [3.05, 3.63) is 29.3 Å². The van der Waals surface area contributed by atoms with Gasteiger partial charge in [-0.15, -0.1) is 0 Å². The Morgan fingerprint density at radius 3 is 2.65 bits per heavy atom. The fourth-order valence-corrected chi connectivity index (χ4v) is 1.68. The van der Waals surface area contributed by atoms with Crippen LogP contribution in [-0.2, 0) is 16.0 Å². The number of ether oxygens (including phenoxy) is 1. The van der Waals surface area contributed by atoms with E-state index in [1.807, 2.05) is 25.1 Å². The van der Waals surface area contributed by atoms with E-state index < -0.39 is 0 Å². The number of nitrogens with two attached hydrogens (primary N) is 1. The minimum atomic E-state index is -0.344. The topological polar surface area (TPSA) is 93.5 Å². The van der Waals surface area contributed by atoms with Crippen molar-refractivity contribution in [2.75, 3.05) is 26.7 Å². The molecule has 0 heterocycles. The second-order valence-corrected chi connectivity index (χ2v) is 4.38. The summed E-state index contributed by atoms with van der Waals surface area (Å²) in [5.41, 5.74) is 7.27. The van der Waals surface area contributed by atoms with Crippen LogP contribution in [0.25, 0.3) is 0 Å². The number of nitrogens with one attached hydrogen (secondary N) is 2. The van der Waals surface area contributed by atoms with Gasteiger partial charge in [0.15, 0.2) is 0 Å². The highest BCUT2D eigenvalue weighted by Crippen LogP contribution is 2.18. The van der Waals surface area contributed by atoms with Gasteiger partial charge in [-0.25, -0.2) is 0 Å². The van der Waals surface area contributed by atoms with Crippen molar-refractivity contribution in [2.45, 2.75) is 13.3 Å². The van der Waals surface area contributed by atoms with Gasteiger partial charge in [0.1, 0.15) is 5.75 Å². The Kier molecular flexibility index (Phi) is 6.52. The molecule has 0 aromatic heterocycles. The summed E-state index contributed by atoms with van der Waals surface area (Å²) in [6, 6.07) is 5.94. The van der Waals surface area contributed by atoms with E-state index in [-0.39, 0.29) is 24.9 Å². The molecule has 6 nitrogen and oxygen atoms in total. The third kappa shape index (κ3) is 5.27. The van der Waals surface area contributed by atoms with Crippen molar-refractivity contribution < 1.29 is 14.3 Å². The second-order valence-electron chi connectivity index (χ2n) is 4.38. The maximum Gasteiger partial charge on any atom is 0.239 e. The molecule has 0 bridgehead atoms. The van der Waals surface area contributed by atoms with Gasteiger partial charge in [-0.05, 0) is 30.5 Å². The van der Waals surface area contributed by atoms with Gasteiger partial charge in [-0.3, -0.25) is 9.59 Å². The van der Waals surface area contributed by atoms with Crippen molar-refractivity contribution >= 4 is 11.8 Å². The van der Waals surface area contributed by atoms with Crippen LogP contribution < -0.4 is 21.1 Å². The number of benzene rings is 1. The van der Waals surface area contributed by atoms with Crippen LogP contribution in [0, 0.1) is 6.92 Å². The zero-order valence-corrected chi connectivity index (χ0v) is 11.9. The Balaban J connectivity index is 2.33. The normalized spacial score (nSPS) is 9.95. The van der Waals surface area contributed by atoms with Crippen molar-refractivity contribution in [1.82, 2.24) is 10.6 Å². The molecular formula is C14H21N3O3. The molecule has 0 fully saturated rings. The van der Waals surface area contributed by atoms with Crippen LogP contribution in [0.1, 0.15) is 11.1 Å². The molecule has 1 rings (SSSR count). The van der Waals surface area contributed by atoms with Crippen LogP contribution in [0.2, 0.25) is 0 Å². The van der Waals surface area contributed by atoms with Gasteiger partial charge in [-0.2, -0.15) is 0 Å². The average Bonchev–Trinajstić information content (AvgIpc) is 2.46. The number of hydrogen-bond donors (Lipinski definition) is 3. The van der Waals surface area contributed by atoms with Crippen LogP contribution in [0.5, 0.6) is 5.75 Å². The van der Waals surface area contributed by atoms with Gasteiger partial charge >= 0.3 is 0 Å². The molecule has 2 amide bonds. The molecule has 0 atom stereocenters. The number of amides is 2. The van der Waals surface area contributed by atoms with E-state index >= 15 is 0 Å². The fourth-order valence-electron chi connectivity index (χ4n) is 1.68. The van der Waals surface area contributed by atoms with Crippen LogP contribution in [0.15, 0.2) is 18.2 Å². The number of hydrogen-bond acceptors (Lipinski definition) is 4. The number of methoxy groups -OCH3 is 1. The quantitative estimate of drug-likeness (QED) is 0.641. The standard InChI is InChI=1S/C14H21N3O3/c1-10-3-4-11(7-12(10)20-2)5-6-16-14(19)9-17-13(18)8-15/h3-4,7H,5-6,8-9,15H2,1-2H3,(H,16,19)(H,17,18). The first-order valence-corrected chi connectivity index (χ1v) is 6.43. The third-order valence-corrected chi connectivity index (χ3v) is 2.84. The highest BCUT2D eigenvalue weighted by molar-refractivity contribution is 5.85. The summed E-state index contributed by atoms with van der Waals surface area (Å²) in [7, 11) is 1.63. The molecule has 1 aromatic carbocycles. The molecule has 20 heavy (non-hydrogen) atoms. The van der Waals surface area contributed by atoms with E-state index in [0.717, 1.165) is 16.9 Å². The minimum absolute atomic E-state index is 0.0484. The molecular weight excluding hydrogens is 258 g/mol. The SMILES string of the molecule is COc1cc(CCNC(=O)CNC(=O)CN)ccc1C. The molecule has 0 spiro atoms. The van der Waals surface area contributed by atoms with Crippen molar-refractivity contribution in [3.8, 4) is 5.75 Å². The zero-order valence-electron chi connectivity index (χ0n) is 11.9. The second kappa shape index (κ2) is 8.16. The summed E-state index contributed by atoms with van der Waals surface area (Å²) in [5, 5.41) is 5.14. The van der Waals surface area contributed by atoms with Crippen LogP contribution in [0.4, 0.5) is 0 Å². The maximum atomic E-state index is 11.4. The lowest BCUT2D eigenvalue weighted by atomic mass is 10.1. The number of carbonyl (C=O) groups excluding carboxylic acids is 2. The summed E-state index contributed by atoms with van der Waals surface area (Å²) < 4.78 is 5.24. The first-order valence-electron chi connectivity index (χ1n) is 6.43.